The van der Waals surface area contributed by atoms with Crippen LogP contribution in [0, 0.1) is 11.8 Å². The molecule has 2 aliphatic heterocycles. The molecular formula is C35H54FN3O9. The molecule has 3 heterocycles. The van der Waals surface area contributed by atoms with Crippen molar-refractivity contribution < 1.29 is 47.3 Å². The molecule has 0 unspecified atom stereocenters. The summed E-state index contributed by atoms with van der Waals surface area (Å²) >= 11 is 0. The fraction of sp³-hybridized carbons (Fsp3) is 0.743. The maximum absolute atomic E-state index is 13.6. The Morgan fingerprint density at radius 1 is 0.938 bits per heavy atom. The van der Waals surface area contributed by atoms with Crippen molar-refractivity contribution in [2.45, 2.75) is 83.7 Å². The molecule has 2 fully saturated rings. The fourth-order valence-corrected chi connectivity index (χ4v) is 6.02. The average Bonchev–Trinajstić information content (AvgIpc) is 3.07. The van der Waals surface area contributed by atoms with Gasteiger partial charge in [-0.05, 0) is 70.4 Å². The van der Waals surface area contributed by atoms with Gasteiger partial charge >= 0.3 is 12.1 Å². The molecule has 0 aromatic carbocycles. The van der Waals surface area contributed by atoms with Crippen molar-refractivity contribution >= 4 is 23.8 Å². The Morgan fingerprint density at radius 2 is 1.65 bits per heavy atom. The number of halogens is 1. The largest absolute Gasteiger partial charge is 0.490 e. The van der Waals surface area contributed by atoms with Crippen LogP contribution in [0.15, 0.2) is 18.5 Å². The number of piperidine rings is 2. The predicted molar refractivity (Wildman–Crippen MR) is 175 cm³/mol. The number of hydrogen-bond donors (Lipinski definition) is 0. The molecular weight excluding hydrogens is 625 g/mol. The number of pyridine rings is 1. The molecule has 48 heavy (non-hydrogen) atoms. The minimum absolute atomic E-state index is 0.00520. The average molecular weight is 680 g/mol. The summed E-state index contributed by atoms with van der Waals surface area (Å²) in [7, 11) is 1.32. The van der Waals surface area contributed by atoms with Gasteiger partial charge in [0.25, 0.3) is 0 Å². The second kappa shape index (κ2) is 20.3. The van der Waals surface area contributed by atoms with Gasteiger partial charge in [-0.2, -0.15) is 0 Å². The molecule has 0 aliphatic carbocycles. The number of amides is 2. The van der Waals surface area contributed by atoms with Crippen LogP contribution in [-0.2, 0) is 33.3 Å². The Labute approximate surface area is 283 Å². The highest BCUT2D eigenvalue weighted by Gasteiger charge is 2.32. The van der Waals surface area contributed by atoms with E-state index in [9.17, 15) is 23.6 Å². The molecule has 2 atom stereocenters. The number of alkyl halides is 1. The smallest absolute Gasteiger partial charge is 0.410 e. The summed E-state index contributed by atoms with van der Waals surface area (Å²) in [4.78, 5) is 59.3. The SMILES string of the molecule is COC(=O)C[C@H](CC(=O)[C@@H]1CCCN(C(=O)CCC2CCN(C(=O)OC(C)(C)C)CC2)C1)c1cncc(OCCOCCOCCF)c1. The number of carbonyl (C=O) groups is 4. The first kappa shape index (κ1) is 39.1. The van der Waals surface area contributed by atoms with E-state index in [1.54, 1.807) is 23.4 Å². The first-order valence-electron chi connectivity index (χ1n) is 17.1. The van der Waals surface area contributed by atoms with Crippen LogP contribution in [0.4, 0.5) is 9.18 Å². The van der Waals surface area contributed by atoms with Gasteiger partial charge < -0.3 is 33.5 Å². The van der Waals surface area contributed by atoms with Crippen molar-refractivity contribution in [2.75, 3.05) is 73.0 Å². The van der Waals surface area contributed by atoms with E-state index in [0.717, 1.165) is 25.7 Å². The Hall–Kier alpha value is -3.32. The summed E-state index contributed by atoms with van der Waals surface area (Å²) in [6, 6.07) is 1.77. The molecule has 0 saturated carbocycles. The quantitative estimate of drug-likeness (QED) is 0.158. The van der Waals surface area contributed by atoms with Gasteiger partial charge in [-0.15, -0.1) is 0 Å². The van der Waals surface area contributed by atoms with E-state index in [2.05, 4.69) is 4.98 Å². The summed E-state index contributed by atoms with van der Waals surface area (Å²) in [5.41, 5.74) is 0.160. The number of rotatable bonds is 18. The fourth-order valence-electron chi connectivity index (χ4n) is 6.02. The van der Waals surface area contributed by atoms with E-state index in [1.807, 2.05) is 25.7 Å². The van der Waals surface area contributed by atoms with E-state index in [-0.39, 0.29) is 49.8 Å². The predicted octanol–water partition coefficient (Wildman–Crippen LogP) is 4.73. The molecule has 13 heteroatoms. The highest BCUT2D eigenvalue weighted by molar-refractivity contribution is 5.84. The van der Waals surface area contributed by atoms with Crippen LogP contribution < -0.4 is 4.74 Å². The van der Waals surface area contributed by atoms with Gasteiger partial charge in [0.2, 0.25) is 5.91 Å². The zero-order valence-corrected chi connectivity index (χ0v) is 29.1. The zero-order valence-electron chi connectivity index (χ0n) is 29.1. The molecule has 1 aromatic rings. The molecule has 2 amide bonds. The number of carbonyl (C=O) groups excluding carboxylic acids is 4. The number of ketones is 1. The number of ether oxygens (including phenoxy) is 5. The van der Waals surface area contributed by atoms with E-state index in [0.29, 0.717) is 76.1 Å². The second-order valence-electron chi connectivity index (χ2n) is 13.5. The van der Waals surface area contributed by atoms with Gasteiger partial charge in [0.1, 0.15) is 30.4 Å². The highest BCUT2D eigenvalue weighted by atomic mass is 19.1. The Balaban J connectivity index is 1.48. The van der Waals surface area contributed by atoms with E-state index >= 15 is 0 Å². The van der Waals surface area contributed by atoms with Gasteiger partial charge in [-0.3, -0.25) is 19.4 Å². The van der Waals surface area contributed by atoms with E-state index < -0.39 is 24.2 Å². The normalized spacial score (nSPS) is 17.9. The topological polar surface area (TPSA) is 134 Å². The van der Waals surface area contributed by atoms with E-state index in [1.165, 1.54) is 7.11 Å². The second-order valence-corrected chi connectivity index (χ2v) is 13.5. The van der Waals surface area contributed by atoms with Crippen LogP contribution in [0.2, 0.25) is 0 Å². The molecule has 270 valence electrons. The van der Waals surface area contributed by atoms with Crippen molar-refractivity contribution in [3.8, 4) is 5.75 Å². The Kier molecular flexibility index (Phi) is 16.5. The van der Waals surface area contributed by atoms with Crippen LogP contribution in [0.1, 0.15) is 83.6 Å². The van der Waals surface area contributed by atoms with Gasteiger partial charge in [0.15, 0.2) is 0 Å². The van der Waals surface area contributed by atoms with Gasteiger partial charge in [0, 0.05) is 57.1 Å². The standard InChI is InChI=1S/C35H54FN3O9/c1-35(2,3)48-34(43)38-13-9-26(10-14-38)7-8-32(41)39-12-5-6-27(25-39)31(40)21-28(22-33(42)44-4)29-20-30(24-37-23-29)47-19-18-46-17-16-45-15-11-36/h20,23-24,26-28H,5-19,21-22,25H2,1-4H3/t27-,28+/m1/s1. The molecule has 0 spiro atoms. The molecule has 3 rings (SSSR count). The summed E-state index contributed by atoms with van der Waals surface area (Å²) in [6.45, 7) is 8.52. The Morgan fingerprint density at radius 3 is 2.33 bits per heavy atom. The lowest BCUT2D eigenvalue weighted by Gasteiger charge is -2.35. The molecule has 12 nitrogen and oxygen atoms in total. The van der Waals surface area contributed by atoms with Crippen molar-refractivity contribution in [1.29, 1.82) is 0 Å². The van der Waals surface area contributed by atoms with E-state index in [4.69, 9.17) is 23.7 Å². The minimum atomic E-state index is -0.532. The van der Waals surface area contributed by atoms with Crippen molar-refractivity contribution in [3.05, 3.63) is 24.0 Å². The third-order valence-corrected chi connectivity index (χ3v) is 8.65. The van der Waals surface area contributed by atoms with Crippen molar-refractivity contribution in [2.24, 2.45) is 11.8 Å². The first-order chi connectivity index (χ1) is 23.0. The zero-order chi connectivity index (χ0) is 34.9. The monoisotopic (exact) mass is 679 g/mol. The maximum Gasteiger partial charge on any atom is 0.410 e. The number of likely N-dealkylation sites (tertiary alicyclic amines) is 2. The Bertz CT molecular complexity index is 1170. The number of Topliss-reactive ketones (excluding diaryl/α,β-unsaturated/α-hetero) is 1. The first-order valence-corrected chi connectivity index (χ1v) is 17.1. The van der Waals surface area contributed by atoms with Gasteiger partial charge in [0.05, 0.1) is 46.2 Å². The third-order valence-electron chi connectivity index (χ3n) is 8.65. The van der Waals surface area contributed by atoms with Crippen LogP contribution in [-0.4, -0.2) is 117 Å². The number of aromatic nitrogens is 1. The lowest BCUT2D eigenvalue weighted by Crippen LogP contribution is -2.43. The molecule has 0 radical (unpaired) electrons. The van der Waals surface area contributed by atoms with Gasteiger partial charge in [-0.25, -0.2) is 9.18 Å². The maximum atomic E-state index is 13.6. The van der Waals surface area contributed by atoms with Crippen molar-refractivity contribution in [3.63, 3.8) is 0 Å². The summed E-state index contributed by atoms with van der Waals surface area (Å²) in [5, 5.41) is 0. The summed E-state index contributed by atoms with van der Waals surface area (Å²) in [6.07, 6.45) is 7.30. The van der Waals surface area contributed by atoms with Crippen LogP contribution in [0.25, 0.3) is 0 Å². The number of hydrogen-bond acceptors (Lipinski definition) is 10. The van der Waals surface area contributed by atoms with Crippen LogP contribution in [0.5, 0.6) is 5.75 Å². The van der Waals surface area contributed by atoms with Crippen molar-refractivity contribution in [1.82, 2.24) is 14.8 Å². The summed E-state index contributed by atoms with van der Waals surface area (Å²) in [5.74, 6) is -0.287. The molecule has 1 aromatic heterocycles. The number of methoxy groups -OCH3 is 1. The lowest BCUT2D eigenvalue weighted by molar-refractivity contribution is -0.141. The minimum Gasteiger partial charge on any atom is -0.490 e. The van der Waals surface area contributed by atoms with Gasteiger partial charge in [-0.1, -0.05) is 0 Å². The number of esters is 1. The molecule has 0 N–H and O–H groups in total. The highest BCUT2D eigenvalue weighted by Crippen LogP contribution is 2.30. The number of nitrogens with zero attached hydrogens (tertiary/aromatic N) is 3. The third kappa shape index (κ3) is 14.0. The van der Waals surface area contributed by atoms with Crippen LogP contribution in [0.3, 0.4) is 0 Å². The summed E-state index contributed by atoms with van der Waals surface area (Å²) < 4.78 is 38.7. The van der Waals surface area contributed by atoms with Crippen LogP contribution >= 0.6 is 0 Å². The molecule has 0 bridgehead atoms. The molecule has 2 aliphatic rings. The molecule has 2 saturated heterocycles. The lowest BCUT2D eigenvalue weighted by atomic mass is 9.84.